The summed E-state index contributed by atoms with van der Waals surface area (Å²) in [5, 5.41) is 0. The van der Waals surface area contributed by atoms with Crippen LogP contribution in [0.1, 0.15) is 19.8 Å². The van der Waals surface area contributed by atoms with E-state index in [1.807, 2.05) is 6.92 Å². The third-order valence-corrected chi connectivity index (χ3v) is 4.14. The smallest absolute Gasteiger partial charge is 0.243 e. The SMILES string of the molecule is CCCCN(C)S(=O)(=O)c1ccnc(N)c1. The molecule has 1 heterocycles. The summed E-state index contributed by atoms with van der Waals surface area (Å²) in [6, 6.07) is 2.83. The Morgan fingerprint density at radius 1 is 1.50 bits per heavy atom. The van der Waals surface area contributed by atoms with Gasteiger partial charge in [-0.2, -0.15) is 0 Å². The van der Waals surface area contributed by atoms with Crippen molar-refractivity contribution in [3.8, 4) is 0 Å². The molecule has 0 spiro atoms. The maximum absolute atomic E-state index is 12.0. The number of nitrogens with two attached hydrogens (primary N) is 1. The van der Waals surface area contributed by atoms with E-state index >= 15 is 0 Å². The topological polar surface area (TPSA) is 76.3 Å². The summed E-state index contributed by atoms with van der Waals surface area (Å²) >= 11 is 0. The molecular formula is C10H17N3O2S. The summed E-state index contributed by atoms with van der Waals surface area (Å²) in [6.45, 7) is 2.53. The van der Waals surface area contributed by atoms with Crippen molar-refractivity contribution in [3.63, 3.8) is 0 Å². The van der Waals surface area contributed by atoms with Gasteiger partial charge in [0.1, 0.15) is 5.82 Å². The zero-order valence-corrected chi connectivity index (χ0v) is 10.4. The van der Waals surface area contributed by atoms with Gasteiger partial charge in [0.15, 0.2) is 0 Å². The molecule has 0 bridgehead atoms. The minimum Gasteiger partial charge on any atom is -0.384 e. The van der Waals surface area contributed by atoms with Gasteiger partial charge >= 0.3 is 0 Å². The van der Waals surface area contributed by atoms with E-state index in [-0.39, 0.29) is 10.7 Å². The first-order valence-electron chi connectivity index (χ1n) is 5.16. The molecule has 0 aliphatic carbocycles. The second kappa shape index (κ2) is 5.27. The van der Waals surface area contributed by atoms with Crippen LogP contribution in [-0.2, 0) is 10.0 Å². The molecule has 0 saturated carbocycles. The molecule has 0 fully saturated rings. The number of nitrogen functional groups attached to an aromatic ring is 1. The van der Waals surface area contributed by atoms with Gasteiger partial charge in [0.25, 0.3) is 0 Å². The van der Waals surface area contributed by atoms with Crippen molar-refractivity contribution in [1.82, 2.24) is 9.29 Å². The zero-order chi connectivity index (χ0) is 12.2. The summed E-state index contributed by atoms with van der Waals surface area (Å²) in [4.78, 5) is 3.96. The van der Waals surface area contributed by atoms with Crippen LogP contribution in [0.25, 0.3) is 0 Å². The van der Waals surface area contributed by atoms with Gasteiger partial charge in [0.05, 0.1) is 4.90 Å². The first kappa shape index (κ1) is 12.9. The number of nitrogens with zero attached hydrogens (tertiary/aromatic N) is 2. The average molecular weight is 243 g/mol. The lowest BCUT2D eigenvalue weighted by Crippen LogP contribution is -2.28. The quantitative estimate of drug-likeness (QED) is 0.839. The Morgan fingerprint density at radius 3 is 2.75 bits per heavy atom. The number of unbranched alkanes of at least 4 members (excludes halogenated alkanes) is 1. The van der Waals surface area contributed by atoms with Crippen molar-refractivity contribution in [3.05, 3.63) is 18.3 Å². The molecule has 1 aromatic heterocycles. The highest BCUT2D eigenvalue weighted by atomic mass is 32.2. The van der Waals surface area contributed by atoms with Crippen LogP contribution in [0, 0.1) is 0 Å². The molecule has 16 heavy (non-hydrogen) atoms. The molecule has 0 saturated heterocycles. The summed E-state index contributed by atoms with van der Waals surface area (Å²) in [5.41, 5.74) is 5.46. The number of hydrogen-bond donors (Lipinski definition) is 1. The maximum atomic E-state index is 12.0. The number of aromatic nitrogens is 1. The molecule has 5 nitrogen and oxygen atoms in total. The third kappa shape index (κ3) is 2.93. The van der Waals surface area contributed by atoms with Crippen LogP contribution < -0.4 is 5.73 Å². The first-order chi connectivity index (χ1) is 7.48. The van der Waals surface area contributed by atoms with Crippen LogP contribution >= 0.6 is 0 Å². The standard InChI is InChI=1S/C10H17N3O2S/c1-3-4-7-13(2)16(14,15)9-5-6-12-10(11)8-9/h5-6,8H,3-4,7H2,1-2H3,(H2,11,12). The molecule has 0 aliphatic heterocycles. The molecule has 0 aromatic carbocycles. The van der Waals surface area contributed by atoms with E-state index in [2.05, 4.69) is 4.98 Å². The number of sulfonamides is 1. The summed E-state index contributed by atoms with van der Waals surface area (Å²) in [6.07, 6.45) is 3.20. The van der Waals surface area contributed by atoms with E-state index in [4.69, 9.17) is 5.73 Å². The average Bonchev–Trinajstić information content (AvgIpc) is 2.25. The Bertz CT molecular complexity index is 445. The molecule has 1 rings (SSSR count). The number of hydrogen-bond acceptors (Lipinski definition) is 4. The molecule has 2 N–H and O–H groups in total. The van der Waals surface area contributed by atoms with Crippen LogP contribution in [0.15, 0.2) is 23.2 Å². The Labute approximate surface area is 96.3 Å². The minimum atomic E-state index is -3.42. The van der Waals surface area contributed by atoms with Gasteiger partial charge in [-0.1, -0.05) is 13.3 Å². The molecule has 0 aliphatic rings. The van der Waals surface area contributed by atoms with Gasteiger partial charge in [0.2, 0.25) is 10.0 Å². The molecule has 0 radical (unpaired) electrons. The van der Waals surface area contributed by atoms with E-state index < -0.39 is 10.0 Å². The molecular weight excluding hydrogens is 226 g/mol. The van der Waals surface area contributed by atoms with Crippen LogP contribution in [-0.4, -0.2) is 31.3 Å². The number of rotatable bonds is 5. The van der Waals surface area contributed by atoms with Crippen LogP contribution in [0.4, 0.5) is 5.82 Å². The van der Waals surface area contributed by atoms with Crippen LogP contribution in [0.5, 0.6) is 0 Å². The second-order valence-corrected chi connectivity index (χ2v) is 5.64. The fraction of sp³-hybridized carbons (Fsp3) is 0.500. The predicted octanol–water partition coefficient (Wildman–Crippen LogP) is 1.08. The predicted molar refractivity (Wildman–Crippen MR) is 63.4 cm³/mol. The summed E-state index contributed by atoms with van der Waals surface area (Å²) in [5.74, 6) is 0.213. The van der Waals surface area contributed by atoms with Crippen molar-refractivity contribution in [1.29, 1.82) is 0 Å². The van der Waals surface area contributed by atoms with Crippen molar-refractivity contribution in [2.75, 3.05) is 19.3 Å². The van der Waals surface area contributed by atoms with E-state index in [1.165, 1.54) is 22.6 Å². The summed E-state index contributed by atoms with van der Waals surface area (Å²) < 4.78 is 25.4. The van der Waals surface area contributed by atoms with Crippen molar-refractivity contribution in [2.45, 2.75) is 24.7 Å². The molecule has 90 valence electrons. The van der Waals surface area contributed by atoms with Gasteiger partial charge in [-0.05, 0) is 12.5 Å². The highest BCUT2D eigenvalue weighted by molar-refractivity contribution is 7.89. The fourth-order valence-electron chi connectivity index (χ4n) is 1.27. The van der Waals surface area contributed by atoms with Crippen LogP contribution in [0.3, 0.4) is 0 Å². The van der Waals surface area contributed by atoms with Gasteiger partial charge < -0.3 is 5.73 Å². The van der Waals surface area contributed by atoms with Crippen molar-refractivity contribution < 1.29 is 8.42 Å². The maximum Gasteiger partial charge on any atom is 0.243 e. The largest absolute Gasteiger partial charge is 0.384 e. The van der Waals surface area contributed by atoms with E-state index in [0.717, 1.165) is 12.8 Å². The zero-order valence-electron chi connectivity index (χ0n) is 9.55. The normalized spacial score (nSPS) is 11.9. The lowest BCUT2D eigenvalue weighted by Gasteiger charge is -2.16. The fourth-order valence-corrected chi connectivity index (χ4v) is 2.50. The lowest BCUT2D eigenvalue weighted by molar-refractivity contribution is 0.459. The van der Waals surface area contributed by atoms with E-state index in [9.17, 15) is 8.42 Å². The van der Waals surface area contributed by atoms with E-state index in [1.54, 1.807) is 7.05 Å². The third-order valence-electron chi connectivity index (χ3n) is 2.29. The highest BCUT2D eigenvalue weighted by Gasteiger charge is 2.20. The summed E-state index contributed by atoms with van der Waals surface area (Å²) in [7, 11) is -1.85. The highest BCUT2D eigenvalue weighted by Crippen LogP contribution is 2.15. The second-order valence-electron chi connectivity index (χ2n) is 3.60. The Balaban J connectivity index is 2.93. The van der Waals surface area contributed by atoms with Crippen molar-refractivity contribution in [2.24, 2.45) is 0 Å². The first-order valence-corrected chi connectivity index (χ1v) is 6.60. The molecule has 0 atom stereocenters. The van der Waals surface area contributed by atoms with Gasteiger partial charge in [-0.25, -0.2) is 17.7 Å². The molecule has 6 heteroatoms. The van der Waals surface area contributed by atoms with E-state index in [0.29, 0.717) is 6.54 Å². The number of anilines is 1. The Kier molecular flexibility index (Phi) is 4.26. The monoisotopic (exact) mass is 243 g/mol. The van der Waals surface area contributed by atoms with Gasteiger partial charge in [0, 0.05) is 25.9 Å². The molecule has 0 amide bonds. The molecule has 1 aromatic rings. The lowest BCUT2D eigenvalue weighted by atomic mass is 10.3. The van der Waals surface area contributed by atoms with Gasteiger partial charge in [-0.15, -0.1) is 0 Å². The Morgan fingerprint density at radius 2 is 2.19 bits per heavy atom. The molecule has 0 unspecified atom stereocenters. The number of pyridine rings is 1. The Hall–Kier alpha value is -1.14. The van der Waals surface area contributed by atoms with Crippen molar-refractivity contribution >= 4 is 15.8 Å². The van der Waals surface area contributed by atoms with Gasteiger partial charge in [-0.3, -0.25) is 0 Å². The van der Waals surface area contributed by atoms with Crippen LogP contribution in [0.2, 0.25) is 0 Å². The minimum absolute atomic E-state index is 0.193.